The Labute approximate surface area is 232 Å². The van der Waals surface area contributed by atoms with Crippen LogP contribution in [-0.2, 0) is 6.42 Å². The molecule has 2 aromatic carbocycles. The predicted octanol–water partition coefficient (Wildman–Crippen LogP) is 7.58. The van der Waals surface area contributed by atoms with Gasteiger partial charge in [0.05, 0.1) is 6.20 Å². The number of aromatic nitrogens is 2. The van der Waals surface area contributed by atoms with Crippen LogP contribution < -0.4 is 15.5 Å². The van der Waals surface area contributed by atoms with Crippen LogP contribution in [0.3, 0.4) is 0 Å². The molecule has 2 N–H and O–H groups in total. The topological polar surface area (TPSA) is 56.3 Å². The molecule has 0 unspecified atom stereocenters. The van der Waals surface area contributed by atoms with Crippen LogP contribution in [0, 0.1) is 12.8 Å². The minimum atomic E-state index is 0.495. The van der Waals surface area contributed by atoms with E-state index in [1.165, 1.54) is 62.0 Å². The van der Waals surface area contributed by atoms with Gasteiger partial charge in [-0.3, -0.25) is 0 Å². The molecule has 2 aliphatic rings. The van der Waals surface area contributed by atoms with E-state index in [0.29, 0.717) is 22.7 Å². The maximum atomic E-state index is 6.48. The molecule has 0 saturated carbocycles. The van der Waals surface area contributed by atoms with Crippen LogP contribution in [0.15, 0.2) is 48.7 Å². The van der Waals surface area contributed by atoms with Gasteiger partial charge < -0.3 is 20.4 Å². The number of hydrogen-bond acceptors (Lipinski definition) is 6. The van der Waals surface area contributed by atoms with Gasteiger partial charge in [0.1, 0.15) is 5.02 Å². The molecule has 3 heterocycles. The normalized spacial score (nSPS) is 17.1. The first-order valence-electron chi connectivity index (χ1n) is 14.2. The Bertz CT molecular complexity index is 1210. The third-order valence-corrected chi connectivity index (χ3v) is 8.11. The molecule has 5 rings (SSSR count). The van der Waals surface area contributed by atoms with Crippen molar-refractivity contribution in [2.75, 3.05) is 41.7 Å². The monoisotopic (exact) mass is 532 g/mol. The zero-order valence-electron chi connectivity index (χ0n) is 23.0. The second-order valence-electron chi connectivity index (χ2n) is 11.2. The van der Waals surface area contributed by atoms with E-state index in [1.54, 1.807) is 6.20 Å². The third-order valence-electron chi connectivity index (χ3n) is 7.84. The van der Waals surface area contributed by atoms with Crippen LogP contribution in [0.4, 0.5) is 28.8 Å². The molecule has 3 aromatic rings. The van der Waals surface area contributed by atoms with Gasteiger partial charge in [-0.1, -0.05) is 50.1 Å². The first kappa shape index (κ1) is 26.8. The maximum absolute atomic E-state index is 6.48. The second-order valence-corrected chi connectivity index (χ2v) is 11.6. The summed E-state index contributed by atoms with van der Waals surface area (Å²) in [7, 11) is 0. The van der Waals surface area contributed by atoms with E-state index in [-0.39, 0.29) is 0 Å². The van der Waals surface area contributed by atoms with Crippen molar-refractivity contribution < 1.29 is 0 Å². The summed E-state index contributed by atoms with van der Waals surface area (Å²) in [6.45, 7) is 11.4. The average molecular weight is 533 g/mol. The quantitative estimate of drug-likeness (QED) is 0.312. The molecule has 6 nitrogen and oxygen atoms in total. The van der Waals surface area contributed by atoms with Crippen LogP contribution in [-0.4, -0.2) is 47.1 Å². The molecule has 2 aliphatic heterocycles. The van der Waals surface area contributed by atoms with Crippen molar-refractivity contribution in [2.45, 2.75) is 65.3 Å². The summed E-state index contributed by atoms with van der Waals surface area (Å²) in [6.07, 6.45) is 9.29. The fourth-order valence-corrected chi connectivity index (χ4v) is 5.92. The number of piperidine rings is 2. The van der Waals surface area contributed by atoms with Crippen LogP contribution >= 0.6 is 11.6 Å². The number of benzene rings is 2. The lowest BCUT2D eigenvalue weighted by Crippen LogP contribution is -2.46. The minimum absolute atomic E-state index is 0.495. The van der Waals surface area contributed by atoms with Gasteiger partial charge in [-0.2, -0.15) is 4.98 Å². The van der Waals surface area contributed by atoms with E-state index in [9.17, 15) is 0 Å². The first-order valence-corrected chi connectivity index (χ1v) is 14.6. The van der Waals surface area contributed by atoms with Crippen molar-refractivity contribution in [1.29, 1.82) is 0 Å². The molecule has 38 heavy (non-hydrogen) atoms. The van der Waals surface area contributed by atoms with E-state index in [2.05, 4.69) is 82.6 Å². The van der Waals surface area contributed by atoms with Gasteiger partial charge in [-0.25, -0.2) is 4.98 Å². The molecule has 2 saturated heterocycles. The number of para-hydroxylation sites is 1. The van der Waals surface area contributed by atoms with Crippen molar-refractivity contribution in [3.05, 3.63) is 64.8 Å². The Morgan fingerprint density at radius 3 is 2.45 bits per heavy atom. The van der Waals surface area contributed by atoms with Crippen LogP contribution in [0.5, 0.6) is 0 Å². The molecule has 2 fully saturated rings. The zero-order chi connectivity index (χ0) is 26.5. The number of nitrogens with one attached hydrogen (secondary N) is 2. The Balaban J connectivity index is 1.24. The van der Waals surface area contributed by atoms with Gasteiger partial charge in [0.15, 0.2) is 5.82 Å². The van der Waals surface area contributed by atoms with Gasteiger partial charge in [-0.05, 0) is 93.4 Å². The predicted molar refractivity (Wildman–Crippen MR) is 160 cm³/mol. The molecule has 0 bridgehead atoms. The fraction of sp³-hybridized carbons (Fsp3) is 0.484. The molecule has 1 aromatic heterocycles. The van der Waals surface area contributed by atoms with Gasteiger partial charge in [0.2, 0.25) is 5.95 Å². The molecule has 0 atom stereocenters. The highest BCUT2D eigenvalue weighted by Gasteiger charge is 2.25. The number of nitrogens with zero attached hydrogens (tertiary/aromatic N) is 4. The molecule has 7 heteroatoms. The highest BCUT2D eigenvalue weighted by molar-refractivity contribution is 6.32. The lowest BCUT2D eigenvalue weighted by Gasteiger charge is -2.41. The average Bonchev–Trinajstić information content (AvgIpc) is 2.93. The number of halogens is 1. The van der Waals surface area contributed by atoms with Crippen LogP contribution in [0.25, 0.3) is 0 Å². The molecule has 0 radical (unpaired) electrons. The number of rotatable bonds is 8. The van der Waals surface area contributed by atoms with Crippen molar-refractivity contribution in [3.8, 4) is 0 Å². The van der Waals surface area contributed by atoms with Gasteiger partial charge in [0.25, 0.3) is 0 Å². The fourth-order valence-electron chi connectivity index (χ4n) is 5.78. The van der Waals surface area contributed by atoms with E-state index in [0.717, 1.165) is 36.9 Å². The Morgan fingerprint density at radius 1 is 0.947 bits per heavy atom. The largest absolute Gasteiger partial charge is 0.371 e. The van der Waals surface area contributed by atoms with Gasteiger partial charge >= 0.3 is 0 Å². The van der Waals surface area contributed by atoms with E-state index >= 15 is 0 Å². The van der Waals surface area contributed by atoms with Crippen molar-refractivity contribution in [1.82, 2.24) is 14.9 Å². The Kier molecular flexibility index (Phi) is 8.70. The van der Waals surface area contributed by atoms with E-state index < -0.39 is 0 Å². The zero-order valence-corrected chi connectivity index (χ0v) is 23.8. The number of anilines is 5. The molecule has 0 aliphatic carbocycles. The molecule has 0 amide bonds. The highest BCUT2D eigenvalue weighted by atomic mass is 35.5. The number of likely N-dealkylation sites (tertiary alicyclic amines) is 1. The lowest BCUT2D eigenvalue weighted by molar-refractivity contribution is 0.141. The summed E-state index contributed by atoms with van der Waals surface area (Å²) in [5.74, 6) is 1.69. The summed E-state index contributed by atoms with van der Waals surface area (Å²) < 4.78 is 0. The Morgan fingerprint density at radius 2 is 1.71 bits per heavy atom. The molecule has 202 valence electrons. The Hall–Kier alpha value is -2.83. The number of hydrogen-bond donors (Lipinski definition) is 2. The van der Waals surface area contributed by atoms with Crippen LogP contribution in [0.1, 0.15) is 57.1 Å². The summed E-state index contributed by atoms with van der Waals surface area (Å²) in [5, 5.41) is 7.33. The molecular weight excluding hydrogens is 492 g/mol. The third kappa shape index (κ3) is 6.59. The van der Waals surface area contributed by atoms with E-state index in [4.69, 9.17) is 16.6 Å². The molecular formula is C31H41ClN6. The maximum Gasteiger partial charge on any atom is 0.229 e. The smallest absolute Gasteiger partial charge is 0.229 e. The number of aryl methyl sites for hydroxylation is 1. The standard InChI is InChI=1S/C31H41ClN6/c1-22(2)19-24-9-5-6-10-29(24)34-30-27(32)21-33-31(36-30)35-28-12-11-26(20-23(28)3)38-17-13-25(14-18-38)37-15-7-4-8-16-37/h5-6,9-12,20-22,25H,4,7-8,13-19H2,1-3H3,(H2,33,34,35,36). The first-order chi connectivity index (χ1) is 18.5. The van der Waals surface area contributed by atoms with Gasteiger partial charge in [-0.15, -0.1) is 0 Å². The lowest BCUT2D eigenvalue weighted by atomic mass is 9.99. The van der Waals surface area contributed by atoms with Gasteiger partial charge in [0, 0.05) is 36.2 Å². The SMILES string of the molecule is Cc1cc(N2CCC(N3CCCCC3)CC2)ccc1Nc1ncc(Cl)c(Nc2ccccc2CC(C)C)n1. The van der Waals surface area contributed by atoms with Crippen LogP contribution in [0.2, 0.25) is 5.02 Å². The summed E-state index contributed by atoms with van der Waals surface area (Å²) >= 11 is 6.48. The highest BCUT2D eigenvalue weighted by Crippen LogP contribution is 2.31. The second kappa shape index (κ2) is 12.4. The molecule has 0 spiro atoms. The van der Waals surface area contributed by atoms with Crippen molar-refractivity contribution in [2.24, 2.45) is 5.92 Å². The van der Waals surface area contributed by atoms with Crippen molar-refractivity contribution in [3.63, 3.8) is 0 Å². The minimum Gasteiger partial charge on any atom is -0.371 e. The van der Waals surface area contributed by atoms with E-state index in [1.807, 2.05) is 6.07 Å². The summed E-state index contributed by atoms with van der Waals surface area (Å²) in [4.78, 5) is 14.4. The van der Waals surface area contributed by atoms with Crippen molar-refractivity contribution >= 4 is 40.4 Å². The summed E-state index contributed by atoms with van der Waals surface area (Å²) in [6, 6.07) is 15.7. The summed E-state index contributed by atoms with van der Waals surface area (Å²) in [5.41, 5.74) is 5.75.